The summed E-state index contributed by atoms with van der Waals surface area (Å²) in [6.45, 7) is 2.07. The predicted molar refractivity (Wildman–Crippen MR) is 48.2 cm³/mol. The average molecular weight is 177 g/mol. The summed E-state index contributed by atoms with van der Waals surface area (Å²) in [6.07, 6.45) is 4.14. The van der Waals surface area contributed by atoms with E-state index in [4.69, 9.17) is 5.26 Å². The van der Waals surface area contributed by atoms with Crippen molar-refractivity contribution in [1.82, 2.24) is 9.97 Å². The molecule has 0 unspecified atom stereocenters. The number of hydrogen-bond donors (Lipinski definition) is 1. The molecule has 0 aliphatic rings. The van der Waals surface area contributed by atoms with Gasteiger partial charge in [-0.1, -0.05) is 13.3 Å². The Morgan fingerprint density at radius 3 is 3.00 bits per heavy atom. The summed E-state index contributed by atoms with van der Waals surface area (Å²) in [6, 6.07) is 1.77. The van der Waals surface area contributed by atoms with Crippen LogP contribution in [-0.4, -0.2) is 9.97 Å². The molecule has 0 saturated carbocycles. The van der Waals surface area contributed by atoms with Gasteiger partial charge in [0.2, 0.25) is 0 Å². The summed E-state index contributed by atoms with van der Waals surface area (Å²) in [4.78, 5) is 17.7. The van der Waals surface area contributed by atoms with E-state index < -0.39 is 0 Å². The van der Waals surface area contributed by atoms with Crippen molar-refractivity contribution in [3.63, 3.8) is 0 Å². The summed E-state index contributed by atoms with van der Waals surface area (Å²) in [5, 5.41) is 8.48. The molecule has 0 radical (unpaired) electrons. The smallest absolute Gasteiger partial charge is 0.268 e. The molecule has 0 saturated heterocycles. The van der Waals surface area contributed by atoms with Crippen LogP contribution in [0.4, 0.5) is 0 Å². The topological polar surface area (TPSA) is 69.5 Å². The van der Waals surface area contributed by atoms with Gasteiger partial charge in [-0.15, -0.1) is 0 Å². The van der Waals surface area contributed by atoms with Crippen molar-refractivity contribution in [3.8, 4) is 6.07 Å². The lowest BCUT2D eigenvalue weighted by atomic mass is 10.2. The molecule has 0 spiro atoms. The van der Waals surface area contributed by atoms with Crippen LogP contribution in [0, 0.1) is 11.3 Å². The Morgan fingerprint density at radius 1 is 1.69 bits per heavy atom. The van der Waals surface area contributed by atoms with Gasteiger partial charge < -0.3 is 4.98 Å². The van der Waals surface area contributed by atoms with Gasteiger partial charge in [0.25, 0.3) is 5.56 Å². The van der Waals surface area contributed by atoms with E-state index in [0.717, 1.165) is 19.3 Å². The van der Waals surface area contributed by atoms with Gasteiger partial charge in [0.1, 0.15) is 17.5 Å². The Kier molecular flexibility index (Phi) is 3.21. The van der Waals surface area contributed by atoms with Gasteiger partial charge in [-0.3, -0.25) is 4.79 Å². The molecule has 0 bridgehead atoms. The molecule has 0 amide bonds. The quantitative estimate of drug-likeness (QED) is 0.748. The number of H-pyrrole nitrogens is 1. The SMILES string of the molecule is CCCCc1ncc(C#N)c(=O)[nH]1. The fourth-order valence-corrected chi connectivity index (χ4v) is 0.983. The van der Waals surface area contributed by atoms with Crippen molar-refractivity contribution in [1.29, 1.82) is 5.26 Å². The summed E-state index contributed by atoms with van der Waals surface area (Å²) >= 11 is 0. The third-order valence-corrected chi connectivity index (χ3v) is 1.74. The van der Waals surface area contributed by atoms with E-state index in [1.54, 1.807) is 6.07 Å². The number of aromatic nitrogens is 2. The first-order valence-corrected chi connectivity index (χ1v) is 4.26. The second-order valence-electron chi connectivity index (χ2n) is 2.79. The van der Waals surface area contributed by atoms with Gasteiger partial charge in [0.05, 0.1) is 6.20 Å². The average Bonchev–Trinajstić information content (AvgIpc) is 2.15. The maximum atomic E-state index is 11.1. The zero-order valence-electron chi connectivity index (χ0n) is 7.50. The minimum absolute atomic E-state index is 0.0697. The van der Waals surface area contributed by atoms with Crippen molar-refractivity contribution in [2.75, 3.05) is 0 Å². The van der Waals surface area contributed by atoms with Crippen LogP contribution in [0.25, 0.3) is 0 Å². The van der Waals surface area contributed by atoms with Crippen LogP contribution in [0.3, 0.4) is 0 Å². The second kappa shape index (κ2) is 4.41. The number of hydrogen-bond acceptors (Lipinski definition) is 3. The largest absolute Gasteiger partial charge is 0.309 e. The Hall–Kier alpha value is -1.63. The highest BCUT2D eigenvalue weighted by Crippen LogP contribution is 1.96. The molecule has 4 heteroatoms. The molecule has 0 atom stereocenters. The third-order valence-electron chi connectivity index (χ3n) is 1.74. The summed E-state index contributed by atoms with van der Waals surface area (Å²) < 4.78 is 0. The molecule has 13 heavy (non-hydrogen) atoms. The third kappa shape index (κ3) is 2.41. The van der Waals surface area contributed by atoms with E-state index in [-0.39, 0.29) is 11.1 Å². The standard InChI is InChI=1S/C9H11N3O/c1-2-3-4-8-11-6-7(5-10)9(13)12-8/h6H,2-4H2,1H3,(H,11,12,13). The molecule has 0 fully saturated rings. The number of nitrogens with zero attached hydrogens (tertiary/aromatic N) is 2. The van der Waals surface area contributed by atoms with Gasteiger partial charge in [-0.05, 0) is 6.42 Å². The Bertz CT molecular complexity index is 375. The Morgan fingerprint density at radius 2 is 2.46 bits per heavy atom. The second-order valence-corrected chi connectivity index (χ2v) is 2.79. The number of aryl methyl sites for hydroxylation is 1. The predicted octanol–water partition coefficient (Wildman–Crippen LogP) is 0.984. The van der Waals surface area contributed by atoms with Crippen molar-refractivity contribution in [2.45, 2.75) is 26.2 Å². The monoisotopic (exact) mass is 177 g/mol. The van der Waals surface area contributed by atoms with E-state index in [9.17, 15) is 4.79 Å². The van der Waals surface area contributed by atoms with Crippen LogP contribution in [0.5, 0.6) is 0 Å². The maximum Gasteiger partial charge on any atom is 0.268 e. The van der Waals surface area contributed by atoms with E-state index in [0.29, 0.717) is 5.82 Å². The van der Waals surface area contributed by atoms with Crippen LogP contribution in [-0.2, 0) is 6.42 Å². The van der Waals surface area contributed by atoms with Gasteiger partial charge in [0, 0.05) is 6.42 Å². The molecule has 0 aliphatic heterocycles. The Balaban J connectivity index is 2.85. The van der Waals surface area contributed by atoms with Gasteiger partial charge in [-0.2, -0.15) is 5.26 Å². The lowest BCUT2D eigenvalue weighted by molar-refractivity contribution is 0.747. The molecule has 0 aliphatic carbocycles. The minimum Gasteiger partial charge on any atom is -0.309 e. The summed E-state index contributed by atoms with van der Waals surface area (Å²) in [5.74, 6) is 0.658. The molecule has 4 nitrogen and oxygen atoms in total. The Labute approximate surface area is 76.2 Å². The van der Waals surface area contributed by atoms with Crippen molar-refractivity contribution < 1.29 is 0 Å². The normalized spacial score (nSPS) is 9.54. The number of unbranched alkanes of at least 4 members (excludes halogenated alkanes) is 1. The molecule has 0 aromatic carbocycles. The van der Waals surface area contributed by atoms with Gasteiger partial charge in [-0.25, -0.2) is 4.98 Å². The van der Waals surface area contributed by atoms with Crippen LogP contribution < -0.4 is 5.56 Å². The molecular formula is C9H11N3O. The molecule has 68 valence electrons. The van der Waals surface area contributed by atoms with Crippen molar-refractivity contribution >= 4 is 0 Å². The first kappa shape index (κ1) is 9.46. The molecular weight excluding hydrogens is 166 g/mol. The van der Waals surface area contributed by atoms with E-state index in [2.05, 4.69) is 16.9 Å². The first-order chi connectivity index (χ1) is 6.27. The number of nitrogens with one attached hydrogen (secondary N) is 1. The molecule has 1 rings (SSSR count). The molecule has 1 heterocycles. The first-order valence-electron chi connectivity index (χ1n) is 4.26. The van der Waals surface area contributed by atoms with E-state index in [1.807, 2.05) is 0 Å². The molecule has 1 aromatic heterocycles. The van der Waals surface area contributed by atoms with E-state index >= 15 is 0 Å². The van der Waals surface area contributed by atoms with Crippen molar-refractivity contribution in [3.05, 3.63) is 27.9 Å². The summed E-state index contributed by atoms with van der Waals surface area (Å²) in [7, 11) is 0. The highest BCUT2D eigenvalue weighted by atomic mass is 16.1. The highest BCUT2D eigenvalue weighted by Gasteiger charge is 2.00. The maximum absolute atomic E-state index is 11.1. The molecule has 1 N–H and O–H groups in total. The zero-order valence-corrected chi connectivity index (χ0v) is 7.50. The van der Waals surface area contributed by atoms with Gasteiger partial charge in [0.15, 0.2) is 0 Å². The van der Waals surface area contributed by atoms with E-state index in [1.165, 1.54) is 6.20 Å². The number of rotatable bonds is 3. The lowest BCUT2D eigenvalue weighted by Gasteiger charge is -1.97. The van der Waals surface area contributed by atoms with Crippen LogP contribution in [0.15, 0.2) is 11.0 Å². The van der Waals surface area contributed by atoms with Gasteiger partial charge >= 0.3 is 0 Å². The van der Waals surface area contributed by atoms with Crippen LogP contribution in [0.2, 0.25) is 0 Å². The van der Waals surface area contributed by atoms with Crippen molar-refractivity contribution in [2.24, 2.45) is 0 Å². The lowest BCUT2D eigenvalue weighted by Crippen LogP contribution is -2.14. The fourth-order valence-electron chi connectivity index (χ4n) is 0.983. The van der Waals surface area contributed by atoms with Crippen LogP contribution in [0.1, 0.15) is 31.2 Å². The summed E-state index contributed by atoms with van der Waals surface area (Å²) in [5.41, 5.74) is -0.274. The highest BCUT2D eigenvalue weighted by molar-refractivity contribution is 5.21. The van der Waals surface area contributed by atoms with Crippen LogP contribution >= 0.6 is 0 Å². The fraction of sp³-hybridized carbons (Fsp3) is 0.444. The number of nitriles is 1. The minimum atomic E-state index is -0.344. The molecule has 1 aromatic rings. The zero-order chi connectivity index (χ0) is 9.68. The number of aromatic amines is 1.